The van der Waals surface area contributed by atoms with Crippen molar-refractivity contribution in [3.8, 4) is 11.5 Å². The highest BCUT2D eigenvalue weighted by atomic mass is 16.6. The molecule has 2 rings (SSSR count). The second-order valence-corrected chi connectivity index (χ2v) is 3.92. The van der Waals surface area contributed by atoms with E-state index in [0.29, 0.717) is 28.9 Å². The lowest BCUT2D eigenvalue weighted by molar-refractivity contribution is -0.385. The van der Waals surface area contributed by atoms with Crippen molar-refractivity contribution in [3.63, 3.8) is 0 Å². The molecule has 19 heavy (non-hydrogen) atoms. The number of carbonyl (C=O) groups is 1. The monoisotopic (exact) mass is 257 g/mol. The fourth-order valence-electron chi connectivity index (χ4n) is 1.70. The van der Waals surface area contributed by atoms with Crippen LogP contribution < -0.4 is 4.74 Å². The van der Waals surface area contributed by atoms with Crippen LogP contribution in [0.5, 0.6) is 11.5 Å². The SMILES string of the molecule is Cc1c(Oc2ccccc2C=O)cccc1[N+](=O)[O-]. The Labute approximate surface area is 109 Å². The van der Waals surface area contributed by atoms with E-state index in [4.69, 9.17) is 4.74 Å². The average molecular weight is 257 g/mol. The van der Waals surface area contributed by atoms with Gasteiger partial charge in [-0.3, -0.25) is 14.9 Å². The molecule has 0 fully saturated rings. The van der Waals surface area contributed by atoms with E-state index in [0.717, 1.165) is 0 Å². The average Bonchev–Trinajstić information content (AvgIpc) is 2.41. The van der Waals surface area contributed by atoms with Gasteiger partial charge in [-0.05, 0) is 25.1 Å². The van der Waals surface area contributed by atoms with Gasteiger partial charge in [-0.2, -0.15) is 0 Å². The van der Waals surface area contributed by atoms with E-state index < -0.39 is 4.92 Å². The van der Waals surface area contributed by atoms with Crippen molar-refractivity contribution in [3.05, 3.63) is 63.7 Å². The molecule has 0 unspecified atom stereocenters. The van der Waals surface area contributed by atoms with Gasteiger partial charge in [0, 0.05) is 6.07 Å². The molecule has 0 heterocycles. The van der Waals surface area contributed by atoms with Gasteiger partial charge in [0.15, 0.2) is 6.29 Å². The molecule has 2 aromatic carbocycles. The van der Waals surface area contributed by atoms with E-state index in [1.54, 1.807) is 43.3 Å². The van der Waals surface area contributed by atoms with E-state index in [2.05, 4.69) is 0 Å². The molecule has 0 spiro atoms. The maximum atomic E-state index is 10.9. The minimum Gasteiger partial charge on any atom is -0.456 e. The smallest absolute Gasteiger partial charge is 0.276 e. The summed E-state index contributed by atoms with van der Waals surface area (Å²) in [4.78, 5) is 21.3. The first-order chi connectivity index (χ1) is 9.13. The lowest BCUT2D eigenvalue weighted by Crippen LogP contribution is -1.96. The van der Waals surface area contributed by atoms with Crippen LogP contribution in [0.15, 0.2) is 42.5 Å². The van der Waals surface area contributed by atoms with E-state index >= 15 is 0 Å². The molecule has 0 saturated heterocycles. The third-order valence-electron chi connectivity index (χ3n) is 2.72. The highest BCUT2D eigenvalue weighted by molar-refractivity contribution is 5.79. The molecule has 0 aliphatic carbocycles. The van der Waals surface area contributed by atoms with Crippen LogP contribution >= 0.6 is 0 Å². The molecule has 96 valence electrons. The number of hydrogen-bond donors (Lipinski definition) is 0. The summed E-state index contributed by atoms with van der Waals surface area (Å²) in [6, 6.07) is 11.3. The summed E-state index contributed by atoms with van der Waals surface area (Å²) in [6.45, 7) is 1.61. The molecule has 0 radical (unpaired) electrons. The first-order valence-electron chi connectivity index (χ1n) is 5.59. The molecule has 0 N–H and O–H groups in total. The minimum atomic E-state index is -0.464. The fraction of sp³-hybridized carbons (Fsp3) is 0.0714. The summed E-state index contributed by atoms with van der Waals surface area (Å²) in [6.07, 6.45) is 0.683. The Morgan fingerprint density at radius 1 is 1.11 bits per heavy atom. The number of benzene rings is 2. The Morgan fingerprint density at radius 2 is 1.79 bits per heavy atom. The molecule has 5 heteroatoms. The van der Waals surface area contributed by atoms with Crippen LogP contribution in [0.1, 0.15) is 15.9 Å². The number of hydrogen-bond acceptors (Lipinski definition) is 4. The van der Waals surface area contributed by atoms with E-state index in [9.17, 15) is 14.9 Å². The topological polar surface area (TPSA) is 69.4 Å². The van der Waals surface area contributed by atoms with Crippen LogP contribution in [0, 0.1) is 17.0 Å². The van der Waals surface area contributed by atoms with Crippen molar-refractivity contribution in [2.24, 2.45) is 0 Å². The molecule has 0 aliphatic heterocycles. The van der Waals surface area contributed by atoms with Crippen LogP contribution in [0.2, 0.25) is 0 Å². The Balaban J connectivity index is 2.41. The van der Waals surface area contributed by atoms with Gasteiger partial charge in [0.2, 0.25) is 0 Å². The predicted molar refractivity (Wildman–Crippen MR) is 69.7 cm³/mol. The van der Waals surface area contributed by atoms with Crippen molar-refractivity contribution in [1.29, 1.82) is 0 Å². The number of rotatable bonds is 4. The fourth-order valence-corrected chi connectivity index (χ4v) is 1.70. The van der Waals surface area contributed by atoms with Crippen molar-refractivity contribution in [1.82, 2.24) is 0 Å². The highest BCUT2D eigenvalue weighted by Crippen LogP contribution is 2.31. The van der Waals surface area contributed by atoms with Gasteiger partial charge in [-0.15, -0.1) is 0 Å². The number of aldehydes is 1. The molecule has 0 atom stereocenters. The van der Waals surface area contributed by atoms with Crippen molar-refractivity contribution < 1.29 is 14.5 Å². The quantitative estimate of drug-likeness (QED) is 0.477. The lowest BCUT2D eigenvalue weighted by Gasteiger charge is -2.10. The Bertz CT molecular complexity index is 637. The number of nitro benzene ring substituents is 1. The molecule has 0 aromatic heterocycles. The largest absolute Gasteiger partial charge is 0.456 e. The van der Waals surface area contributed by atoms with E-state index in [-0.39, 0.29) is 5.69 Å². The van der Waals surface area contributed by atoms with Crippen LogP contribution in [0.3, 0.4) is 0 Å². The van der Waals surface area contributed by atoms with Gasteiger partial charge >= 0.3 is 0 Å². The van der Waals surface area contributed by atoms with Gasteiger partial charge in [0.05, 0.1) is 16.1 Å². The molecule has 5 nitrogen and oxygen atoms in total. The van der Waals surface area contributed by atoms with E-state index in [1.165, 1.54) is 6.07 Å². The van der Waals surface area contributed by atoms with Gasteiger partial charge in [0.1, 0.15) is 11.5 Å². The Kier molecular flexibility index (Phi) is 3.56. The van der Waals surface area contributed by atoms with Crippen LogP contribution in [-0.2, 0) is 0 Å². The van der Waals surface area contributed by atoms with Gasteiger partial charge in [0.25, 0.3) is 5.69 Å². The van der Waals surface area contributed by atoms with Crippen LogP contribution in [0.25, 0.3) is 0 Å². The second kappa shape index (κ2) is 5.30. The normalized spacial score (nSPS) is 9.95. The lowest BCUT2D eigenvalue weighted by atomic mass is 10.1. The number of nitrogens with zero attached hydrogens (tertiary/aromatic N) is 1. The summed E-state index contributed by atoms with van der Waals surface area (Å²) in [5.74, 6) is 0.740. The Hall–Kier alpha value is -2.69. The summed E-state index contributed by atoms with van der Waals surface area (Å²) < 4.78 is 5.59. The maximum Gasteiger partial charge on any atom is 0.276 e. The van der Waals surface area contributed by atoms with Gasteiger partial charge < -0.3 is 4.74 Å². The molecular formula is C14H11NO4. The zero-order chi connectivity index (χ0) is 13.8. The summed E-state index contributed by atoms with van der Waals surface area (Å²) in [7, 11) is 0. The summed E-state index contributed by atoms with van der Waals surface area (Å²) in [5.41, 5.74) is 0.808. The van der Waals surface area contributed by atoms with E-state index in [1.807, 2.05) is 0 Å². The minimum absolute atomic E-state index is 0.0129. The zero-order valence-corrected chi connectivity index (χ0v) is 10.2. The maximum absolute atomic E-state index is 10.9. The molecular weight excluding hydrogens is 246 g/mol. The molecule has 0 aliphatic rings. The van der Waals surface area contributed by atoms with Crippen molar-refractivity contribution in [2.45, 2.75) is 6.92 Å². The number of para-hydroxylation sites is 1. The van der Waals surface area contributed by atoms with Crippen molar-refractivity contribution >= 4 is 12.0 Å². The molecule has 2 aromatic rings. The summed E-state index contributed by atoms with van der Waals surface area (Å²) in [5, 5.41) is 10.8. The highest BCUT2D eigenvalue weighted by Gasteiger charge is 2.15. The molecule has 0 bridgehead atoms. The van der Waals surface area contributed by atoms with Crippen LogP contribution in [-0.4, -0.2) is 11.2 Å². The third-order valence-corrected chi connectivity index (χ3v) is 2.72. The third kappa shape index (κ3) is 2.60. The molecule has 0 saturated carbocycles. The first-order valence-corrected chi connectivity index (χ1v) is 5.59. The number of nitro groups is 1. The Morgan fingerprint density at radius 3 is 2.47 bits per heavy atom. The predicted octanol–water partition coefficient (Wildman–Crippen LogP) is 3.51. The van der Waals surface area contributed by atoms with Crippen LogP contribution in [0.4, 0.5) is 5.69 Å². The van der Waals surface area contributed by atoms with Gasteiger partial charge in [-0.25, -0.2) is 0 Å². The van der Waals surface area contributed by atoms with Crippen molar-refractivity contribution in [2.75, 3.05) is 0 Å². The standard InChI is InChI=1S/C14H11NO4/c1-10-12(15(17)18)6-4-8-13(10)19-14-7-3-2-5-11(14)9-16/h2-9H,1H3. The second-order valence-electron chi connectivity index (χ2n) is 3.92. The first kappa shape index (κ1) is 12.8. The van der Waals surface area contributed by atoms with Gasteiger partial charge in [-0.1, -0.05) is 18.2 Å². The number of carbonyl (C=O) groups excluding carboxylic acids is 1. The number of ether oxygens (including phenoxy) is 1. The summed E-state index contributed by atoms with van der Waals surface area (Å²) >= 11 is 0. The zero-order valence-electron chi connectivity index (χ0n) is 10.2. The molecule has 0 amide bonds.